The summed E-state index contributed by atoms with van der Waals surface area (Å²) in [4.78, 5) is 33.0. The van der Waals surface area contributed by atoms with Crippen LogP contribution in [-0.2, 0) is 4.79 Å². The summed E-state index contributed by atoms with van der Waals surface area (Å²) in [6, 6.07) is 19.8. The number of amides is 2. The molecule has 0 bridgehead atoms. The highest BCUT2D eigenvalue weighted by atomic mass is 16.2. The molecule has 0 radical (unpaired) electrons. The highest BCUT2D eigenvalue weighted by Crippen LogP contribution is 2.27. The molecule has 1 aromatic heterocycles. The molecule has 0 saturated heterocycles. The van der Waals surface area contributed by atoms with Gasteiger partial charge in [-0.15, -0.1) is 0 Å². The standard InChI is InChI=1S/C26H29N3O2/c1-18(2)17-29(26(31)22-15-8-9-16-27-22)24(21-13-6-5-7-14-21)25(30)28-23-19(3)11-10-12-20(23)4/h5-16,18,24H,17H2,1-4H3,(H,28,30). The lowest BCUT2D eigenvalue weighted by atomic mass is 10.0. The summed E-state index contributed by atoms with van der Waals surface area (Å²) in [6.07, 6.45) is 1.59. The third kappa shape index (κ3) is 5.37. The van der Waals surface area contributed by atoms with E-state index in [1.165, 1.54) is 0 Å². The third-order valence-electron chi connectivity index (χ3n) is 5.11. The van der Waals surface area contributed by atoms with Gasteiger partial charge in [0, 0.05) is 18.4 Å². The molecular formula is C26H29N3O2. The lowest BCUT2D eigenvalue weighted by Gasteiger charge is -2.32. The summed E-state index contributed by atoms with van der Waals surface area (Å²) in [5.74, 6) is -0.333. The number of hydrogen-bond acceptors (Lipinski definition) is 3. The lowest BCUT2D eigenvalue weighted by Crippen LogP contribution is -2.43. The van der Waals surface area contributed by atoms with Crippen molar-refractivity contribution in [3.8, 4) is 0 Å². The second-order valence-electron chi connectivity index (χ2n) is 8.14. The lowest BCUT2D eigenvalue weighted by molar-refractivity contribution is -0.121. The van der Waals surface area contributed by atoms with Gasteiger partial charge in [0.1, 0.15) is 11.7 Å². The number of aromatic nitrogens is 1. The Kier molecular flexibility index (Phi) is 7.19. The van der Waals surface area contributed by atoms with Gasteiger partial charge in [-0.2, -0.15) is 0 Å². The summed E-state index contributed by atoms with van der Waals surface area (Å²) in [7, 11) is 0. The van der Waals surface area contributed by atoms with Crippen LogP contribution in [0.2, 0.25) is 0 Å². The molecule has 31 heavy (non-hydrogen) atoms. The SMILES string of the molecule is Cc1cccc(C)c1NC(=O)C(c1ccccc1)N(CC(C)C)C(=O)c1ccccn1. The van der Waals surface area contributed by atoms with Crippen LogP contribution in [0.3, 0.4) is 0 Å². The zero-order valence-electron chi connectivity index (χ0n) is 18.5. The monoisotopic (exact) mass is 415 g/mol. The van der Waals surface area contributed by atoms with Crippen LogP contribution in [0.25, 0.3) is 0 Å². The first-order valence-corrected chi connectivity index (χ1v) is 10.5. The molecule has 1 unspecified atom stereocenters. The third-order valence-corrected chi connectivity index (χ3v) is 5.11. The molecule has 1 atom stereocenters. The molecule has 0 fully saturated rings. The highest BCUT2D eigenvalue weighted by Gasteiger charge is 2.33. The number of anilines is 1. The molecule has 2 amide bonds. The van der Waals surface area contributed by atoms with Gasteiger partial charge >= 0.3 is 0 Å². The molecule has 1 N–H and O–H groups in total. The van der Waals surface area contributed by atoms with Crippen LogP contribution in [-0.4, -0.2) is 28.2 Å². The maximum Gasteiger partial charge on any atom is 0.273 e. The van der Waals surface area contributed by atoms with Crippen LogP contribution in [0.15, 0.2) is 72.9 Å². The van der Waals surface area contributed by atoms with Crippen molar-refractivity contribution >= 4 is 17.5 Å². The van der Waals surface area contributed by atoms with Crippen molar-refractivity contribution in [2.24, 2.45) is 5.92 Å². The quantitative estimate of drug-likeness (QED) is 0.579. The van der Waals surface area contributed by atoms with E-state index in [9.17, 15) is 9.59 Å². The van der Waals surface area contributed by atoms with E-state index in [1.54, 1.807) is 29.3 Å². The Hall–Kier alpha value is -3.47. The van der Waals surface area contributed by atoms with Crippen molar-refractivity contribution in [3.63, 3.8) is 0 Å². The Labute approximate surface area is 184 Å². The Morgan fingerprint density at radius 3 is 2.13 bits per heavy atom. The van der Waals surface area contributed by atoms with Gasteiger partial charge in [-0.3, -0.25) is 14.6 Å². The van der Waals surface area contributed by atoms with E-state index in [1.807, 2.05) is 76.2 Å². The number of nitrogens with one attached hydrogen (secondary N) is 1. The molecule has 0 aliphatic heterocycles. The van der Waals surface area contributed by atoms with Crippen LogP contribution in [0.4, 0.5) is 5.69 Å². The van der Waals surface area contributed by atoms with Crippen molar-refractivity contribution in [2.75, 3.05) is 11.9 Å². The number of hydrogen-bond donors (Lipinski definition) is 1. The van der Waals surface area contributed by atoms with E-state index in [4.69, 9.17) is 0 Å². The number of aryl methyl sites for hydroxylation is 2. The van der Waals surface area contributed by atoms with Crippen molar-refractivity contribution in [1.29, 1.82) is 0 Å². The highest BCUT2D eigenvalue weighted by molar-refractivity contribution is 6.01. The fourth-order valence-electron chi connectivity index (χ4n) is 3.65. The number of carbonyl (C=O) groups excluding carboxylic acids is 2. The van der Waals surface area contributed by atoms with E-state index in [-0.39, 0.29) is 17.7 Å². The van der Waals surface area contributed by atoms with Gasteiger partial charge in [-0.1, -0.05) is 68.4 Å². The van der Waals surface area contributed by atoms with Gasteiger partial charge in [0.2, 0.25) is 0 Å². The predicted molar refractivity (Wildman–Crippen MR) is 124 cm³/mol. The number of para-hydroxylation sites is 1. The van der Waals surface area contributed by atoms with E-state index in [0.717, 1.165) is 22.4 Å². The molecule has 3 aromatic rings. The Bertz CT molecular complexity index is 1010. The van der Waals surface area contributed by atoms with Crippen molar-refractivity contribution in [2.45, 2.75) is 33.7 Å². The minimum Gasteiger partial charge on any atom is -0.323 e. The summed E-state index contributed by atoms with van der Waals surface area (Å²) in [5.41, 5.74) is 3.82. The predicted octanol–water partition coefficient (Wildman–Crippen LogP) is 5.18. The van der Waals surface area contributed by atoms with E-state index < -0.39 is 6.04 Å². The summed E-state index contributed by atoms with van der Waals surface area (Å²) in [6.45, 7) is 8.42. The van der Waals surface area contributed by atoms with Crippen molar-refractivity contribution < 1.29 is 9.59 Å². The van der Waals surface area contributed by atoms with Crippen molar-refractivity contribution in [1.82, 2.24) is 9.88 Å². The van der Waals surface area contributed by atoms with E-state index in [2.05, 4.69) is 10.3 Å². The molecule has 0 aliphatic carbocycles. The van der Waals surface area contributed by atoms with Crippen LogP contribution in [0, 0.1) is 19.8 Å². The van der Waals surface area contributed by atoms with E-state index in [0.29, 0.717) is 12.2 Å². The zero-order valence-corrected chi connectivity index (χ0v) is 18.5. The second kappa shape index (κ2) is 10.0. The van der Waals surface area contributed by atoms with Gasteiger partial charge < -0.3 is 10.2 Å². The first-order valence-electron chi connectivity index (χ1n) is 10.5. The number of benzene rings is 2. The van der Waals surface area contributed by atoms with Gasteiger partial charge in [0.25, 0.3) is 11.8 Å². The normalized spacial score (nSPS) is 11.8. The Balaban J connectivity index is 2.05. The first kappa shape index (κ1) is 22.2. The summed E-state index contributed by atoms with van der Waals surface area (Å²) >= 11 is 0. The van der Waals surface area contributed by atoms with Crippen LogP contribution >= 0.6 is 0 Å². The Morgan fingerprint density at radius 2 is 1.55 bits per heavy atom. The number of rotatable bonds is 7. The molecule has 5 heteroatoms. The maximum atomic E-state index is 13.7. The summed E-state index contributed by atoms with van der Waals surface area (Å²) in [5, 5.41) is 3.08. The number of carbonyl (C=O) groups is 2. The van der Waals surface area contributed by atoms with Crippen molar-refractivity contribution in [3.05, 3.63) is 95.3 Å². The number of nitrogens with zero attached hydrogens (tertiary/aromatic N) is 2. The largest absolute Gasteiger partial charge is 0.323 e. The number of pyridine rings is 1. The molecule has 3 rings (SSSR count). The van der Waals surface area contributed by atoms with Gasteiger partial charge in [-0.25, -0.2) is 0 Å². The average molecular weight is 416 g/mol. The molecule has 160 valence electrons. The molecule has 0 saturated carbocycles. The fourth-order valence-corrected chi connectivity index (χ4v) is 3.65. The molecule has 1 heterocycles. The zero-order chi connectivity index (χ0) is 22.4. The molecule has 5 nitrogen and oxygen atoms in total. The molecule has 2 aromatic carbocycles. The molecule has 0 spiro atoms. The second-order valence-corrected chi connectivity index (χ2v) is 8.14. The maximum absolute atomic E-state index is 13.7. The van der Waals surface area contributed by atoms with Gasteiger partial charge in [0.05, 0.1) is 0 Å². The average Bonchev–Trinajstić information content (AvgIpc) is 2.76. The minimum absolute atomic E-state index is 0.173. The van der Waals surface area contributed by atoms with Gasteiger partial charge in [0.15, 0.2) is 0 Å². The fraction of sp³-hybridized carbons (Fsp3) is 0.269. The molecular weight excluding hydrogens is 386 g/mol. The first-order chi connectivity index (χ1) is 14.9. The summed E-state index contributed by atoms with van der Waals surface area (Å²) < 4.78 is 0. The van der Waals surface area contributed by atoms with Gasteiger partial charge in [-0.05, 0) is 48.6 Å². The molecule has 0 aliphatic rings. The van der Waals surface area contributed by atoms with E-state index >= 15 is 0 Å². The minimum atomic E-state index is -0.780. The topological polar surface area (TPSA) is 62.3 Å². The smallest absolute Gasteiger partial charge is 0.273 e. The van der Waals surface area contributed by atoms with Crippen LogP contribution in [0.5, 0.6) is 0 Å². The van der Waals surface area contributed by atoms with Crippen LogP contribution in [0.1, 0.15) is 47.1 Å². The Morgan fingerprint density at radius 1 is 0.903 bits per heavy atom. The van der Waals surface area contributed by atoms with Crippen LogP contribution < -0.4 is 5.32 Å².